The van der Waals surface area contributed by atoms with Crippen LogP contribution in [0.1, 0.15) is 33.6 Å². The van der Waals surface area contributed by atoms with Crippen LogP contribution in [0.25, 0.3) is 0 Å². The Morgan fingerprint density at radius 1 is 1.45 bits per heavy atom. The maximum absolute atomic E-state index is 2.40. The summed E-state index contributed by atoms with van der Waals surface area (Å²) in [4.78, 5) is 0. The van der Waals surface area contributed by atoms with Crippen LogP contribution in [0.15, 0.2) is 23.8 Å². The van der Waals surface area contributed by atoms with Gasteiger partial charge in [-0.2, -0.15) is 0 Å². The highest BCUT2D eigenvalue weighted by molar-refractivity contribution is 5.21. The van der Waals surface area contributed by atoms with Gasteiger partial charge in [-0.15, -0.1) is 0 Å². The van der Waals surface area contributed by atoms with Crippen LogP contribution in [0.2, 0.25) is 0 Å². The lowest BCUT2D eigenvalue weighted by atomic mass is 9.84. The van der Waals surface area contributed by atoms with Crippen LogP contribution in [-0.2, 0) is 0 Å². The van der Waals surface area contributed by atoms with Crippen molar-refractivity contribution >= 4 is 0 Å². The van der Waals surface area contributed by atoms with Gasteiger partial charge in [0, 0.05) is 0 Å². The van der Waals surface area contributed by atoms with Crippen LogP contribution in [0.4, 0.5) is 0 Å². The Morgan fingerprint density at radius 3 is 2.73 bits per heavy atom. The van der Waals surface area contributed by atoms with E-state index in [0.717, 1.165) is 11.8 Å². The molecule has 0 aromatic rings. The molecular formula is C11H18. The normalized spacial score (nSPS) is 32.5. The zero-order valence-electron chi connectivity index (χ0n) is 7.80. The maximum Gasteiger partial charge on any atom is -0.0253 e. The second-order valence-electron chi connectivity index (χ2n) is 3.76. The van der Waals surface area contributed by atoms with E-state index in [9.17, 15) is 0 Å². The lowest BCUT2D eigenvalue weighted by Gasteiger charge is -2.21. The molecule has 1 aliphatic carbocycles. The van der Waals surface area contributed by atoms with Crippen LogP contribution in [0.5, 0.6) is 0 Å². The smallest absolute Gasteiger partial charge is 0.0253 e. The summed E-state index contributed by atoms with van der Waals surface area (Å²) >= 11 is 0. The molecule has 0 saturated heterocycles. The van der Waals surface area contributed by atoms with Crippen LogP contribution >= 0.6 is 0 Å². The first-order chi connectivity index (χ1) is 5.22. The van der Waals surface area contributed by atoms with Crippen molar-refractivity contribution < 1.29 is 0 Å². The quantitative estimate of drug-likeness (QED) is 0.536. The number of allylic oxidation sites excluding steroid dienone is 4. The third kappa shape index (κ3) is 2.53. The molecule has 1 aliphatic rings. The minimum absolute atomic E-state index is 0.782. The van der Waals surface area contributed by atoms with Gasteiger partial charge in [0.25, 0.3) is 0 Å². The minimum Gasteiger partial charge on any atom is -0.0874 e. The summed E-state index contributed by atoms with van der Waals surface area (Å²) in [5, 5.41) is 0. The molecule has 0 fully saturated rings. The first kappa shape index (κ1) is 8.58. The molecule has 1 rings (SSSR count). The Morgan fingerprint density at radius 2 is 2.18 bits per heavy atom. The van der Waals surface area contributed by atoms with E-state index in [0.29, 0.717) is 0 Å². The lowest BCUT2D eigenvalue weighted by molar-refractivity contribution is 0.440. The zero-order chi connectivity index (χ0) is 8.27. The van der Waals surface area contributed by atoms with Gasteiger partial charge in [-0.25, -0.2) is 0 Å². The van der Waals surface area contributed by atoms with Gasteiger partial charge in [0.05, 0.1) is 0 Å². The van der Waals surface area contributed by atoms with Gasteiger partial charge in [0.15, 0.2) is 0 Å². The second-order valence-corrected chi connectivity index (χ2v) is 3.76. The van der Waals surface area contributed by atoms with E-state index in [-0.39, 0.29) is 0 Å². The summed E-state index contributed by atoms with van der Waals surface area (Å²) in [5.74, 6) is 1.66. The van der Waals surface area contributed by atoms with Crippen LogP contribution in [-0.4, -0.2) is 0 Å². The van der Waals surface area contributed by atoms with E-state index in [1.54, 1.807) is 0 Å². The number of hydrogen-bond acceptors (Lipinski definition) is 0. The molecule has 2 unspecified atom stereocenters. The lowest BCUT2D eigenvalue weighted by Crippen LogP contribution is -2.08. The molecule has 0 heteroatoms. The molecule has 0 spiro atoms. The van der Waals surface area contributed by atoms with E-state index in [1.165, 1.54) is 18.4 Å². The van der Waals surface area contributed by atoms with Crippen LogP contribution in [0, 0.1) is 11.8 Å². The average molecular weight is 150 g/mol. The topological polar surface area (TPSA) is 0 Å². The molecular weight excluding hydrogens is 132 g/mol. The Balaban J connectivity index is 2.64. The van der Waals surface area contributed by atoms with Crippen molar-refractivity contribution in [2.24, 2.45) is 11.8 Å². The Bertz CT molecular complexity index is 174. The summed E-state index contributed by atoms with van der Waals surface area (Å²) < 4.78 is 0. The summed E-state index contributed by atoms with van der Waals surface area (Å²) in [6.45, 7) is 6.73. The minimum atomic E-state index is 0.782. The molecule has 0 heterocycles. The zero-order valence-corrected chi connectivity index (χ0v) is 7.80. The highest BCUT2D eigenvalue weighted by atomic mass is 14.2. The second kappa shape index (κ2) is 3.75. The molecule has 11 heavy (non-hydrogen) atoms. The van der Waals surface area contributed by atoms with Crippen molar-refractivity contribution in [3.05, 3.63) is 23.8 Å². The highest BCUT2D eigenvalue weighted by Crippen LogP contribution is 2.27. The molecule has 0 aromatic carbocycles. The van der Waals surface area contributed by atoms with Crippen molar-refractivity contribution in [2.75, 3.05) is 0 Å². The largest absolute Gasteiger partial charge is 0.0874 e. The van der Waals surface area contributed by atoms with Crippen molar-refractivity contribution in [1.82, 2.24) is 0 Å². The molecule has 0 N–H and O–H groups in total. The summed E-state index contributed by atoms with van der Waals surface area (Å²) in [6, 6.07) is 0. The summed E-state index contributed by atoms with van der Waals surface area (Å²) in [5.41, 5.74) is 1.53. The van der Waals surface area contributed by atoms with Crippen molar-refractivity contribution in [3.63, 3.8) is 0 Å². The van der Waals surface area contributed by atoms with E-state index in [4.69, 9.17) is 0 Å². The highest BCUT2D eigenvalue weighted by Gasteiger charge is 2.13. The molecule has 62 valence electrons. The molecule has 0 aliphatic heterocycles. The third-order valence-electron chi connectivity index (χ3n) is 2.24. The van der Waals surface area contributed by atoms with Gasteiger partial charge in [0.2, 0.25) is 0 Å². The van der Waals surface area contributed by atoms with Crippen LogP contribution in [0.3, 0.4) is 0 Å². The SMILES string of the molecule is CC=CC1=CC(C)CC(C)C1. The third-order valence-corrected chi connectivity index (χ3v) is 2.24. The molecule has 0 bridgehead atoms. The molecule has 0 saturated carbocycles. The van der Waals surface area contributed by atoms with Crippen molar-refractivity contribution in [2.45, 2.75) is 33.6 Å². The molecule has 0 nitrogen and oxygen atoms in total. The monoisotopic (exact) mass is 150 g/mol. The van der Waals surface area contributed by atoms with Gasteiger partial charge in [-0.1, -0.05) is 37.6 Å². The van der Waals surface area contributed by atoms with Crippen molar-refractivity contribution in [1.29, 1.82) is 0 Å². The number of hydrogen-bond donors (Lipinski definition) is 0. The average Bonchev–Trinajstić information content (AvgIpc) is 1.85. The Kier molecular flexibility index (Phi) is 2.92. The summed E-state index contributed by atoms with van der Waals surface area (Å²) in [7, 11) is 0. The van der Waals surface area contributed by atoms with E-state index in [2.05, 4.69) is 39.0 Å². The molecule has 0 aromatic heterocycles. The molecule has 2 atom stereocenters. The van der Waals surface area contributed by atoms with E-state index >= 15 is 0 Å². The van der Waals surface area contributed by atoms with Gasteiger partial charge in [0.1, 0.15) is 0 Å². The fourth-order valence-corrected chi connectivity index (χ4v) is 1.96. The van der Waals surface area contributed by atoms with E-state index in [1.807, 2.05) is 0 Å². The summed E-state index contributed by atoms with van der Waals surface area (Å²) in [6.07, 6.45) is 9.42. The van der Waals surface area contributed by atoms with Gasteiger partial charge >= 0.3 is 0 Å². The maximum atomic E-state index is 2.40. The molecule has 0 amide bonds. The van der Waals surface area contributed by atoms with E-state index < -0.39 is 0 Å². The standard InChI is InChI=1S/C11H18/c1-4-5-11-7-9(2)6-10(3)8-11/h4-5,7,9-10H,6,8H2,1-3H3. The fourth-order valence-electron chi connectivity index (χ4n) is 1.96. The predicted molar refractivity (Wildman–Crippen MR) is 50.5 cm³/mol. The fraction of sp³-hybridized carbons (Fsp3) is 0.636. The van der Waals surface area contributed by atoms with Crippen LogP contribution < -0.4 is 0 Å². The Labute approximate surface area is 70.0 Å². The van der Waals surface area contributed by atoms with Gasteiger partial charge in [-0.3, -0.25) is 0 Å². The van der Waals surface area contributed by atoms with Gasteiger partial charge in [-0.05, 0) is 31.6 Å². The van der Waals surface area contributed by atoms with Crippen molar-refractivity contribution in [3.8, 4) is 0 Å². The number of rotatable bonds is 1. The first-order valence-corrected chi connectivity index (χ1v) is 4.55. The molecule has 0 radical (unpaired) electrons. The van der Waals surface area contributed by atoms with Gasteiger partial charge < -0.3 is 0 Å². The Hall–Kier alpha value is -0.520. The first-order valence-electron chi connectivity index (χ1n) is 4.55. The predicted octanol–water partition coefficient (Wildman–Crippen LogP) is 3.55.